The van der Waals surface area contributed by atoms with Crippen molar-refractivity contribution < 1.29 is 5.21 Å². The first-order valence-electron chi connectivity index (χ1n) is 6.16. The fraction of sp³-hybridized carbons (Fsp3) is 0.455. The molecule has 1 fully saturated rings. The first-order valence-corrected chi connectivity index (χ1v) is 6.16. The molecule has 8 heteroatoms. The molecule has 19 heavy (non-hydrogen) atoms. The van der Waals surface area contributed by atoms with Crippen molar-refractivity contribution in [2.24, 2.45) is 10.9 Å². The number of hydrogen-bond donors (Lipinski definition) is 3. The highest BCUT2D eigenvalue weighted by molar-refractivity contribution is 5.84. The summed E-state index contributed by atoms with van der Waals surface area (Å²) in [6.45, 7) is 0.658. The van der Waals surface area contributed by atoms with Crippen LogP contribution in [-0.4, -0.2) is 43.6 Å². The Morgan fingerprint density at radius 1 is 1.47 bits per heavy atom. The normalized spacial score (nSPS) is 15.9. The molecule has 2 aromatic heterocycles. The topological polar surface area (TPSA) is 116 Å². The number of nitrogens with zero attached hydrogens (tertiary/aromatic N) is 5. The van der Waals surface area contributed by atoms with Gasteiger partial charge < -0.3 is 20.8 Å². The molecule has 0 aromatic carbocycles. The van der Waals surface area contributed by atoms with Crippen molar-refractivity contribution in [3.8, 4) is 0 Å². The number of aromatic amines is 1. The fourth-order valence-corrected chi connectivity index (χ4v) is 2.10. The fourth-order valence-electron chi connectivity index (χ4n) is 2.10. The summed E-state index contributed by atoms with van der Waals surface area (Å²) >= 11 is 0. The zero-order chi connectivity index (χ0) is 13.2. The van der Waals surface area contributed by atoms with E-state index >= 15 is 0 Å². The van der Waals surface area contributed by atoms with Crippen LogP contribution in [0.3, 0.4) is 0 Å². The predicted molar refractivity (Wildman–Crippen MR) is 70.1 cm³/mol. The lowest BCUT2D eigenvalue weighted by Crippen LogP contribution is -2.31. The number of rotatable bonds is 5. The van der Waals surface area contributed by atoms with Crippen molar-refractivity contribution in [3.63, 3.8) is 0 Å². The zero-order valence-corrected chi connectivity index (χ0v) is 10.3. The van der Waals surface area contributed by atoms with Crippen LogP contribution in [-0.2, 0) is 0 Å². The number of amidine groups is 1. The van der Waals surface area contributed by atoms with E-state index in [0.29, 0.717) is 24.7 Å². The van der Waals surface area contributed by atoms with E-state index in [2.05, 4.69) is 30.0 Å². The lowest BCUT2D eigenvalue weighted by atomic mass is 10.3. The summed E-state index contributed by atoms with van der Waals surface area (Å²) in [4.78, 5) is 17.8. The van der Waals surface area contributed by atoms with Gasteiger partial charge in [0.1, 0.15) is 17.7 Å². The molecule has 0 spiro atoms. The van der Waals surface area contributed by atoms with Gasteiger partial charge in [-0.2, -0.15) is 0 Å². The van der Waals surface area contributed by atoms with Crippen molar-refractivity contribution in [1.29, 1.82) is 0 Å². The van der Waals surface area contributed by atoms with Crippen LogP contribution in [0.15, 0.2) is 17.8 Å². The maximum Gasteiger partial charge on any atom is 0.182 e. The average Bonchev–Trinajstić information content (AvgIpc) is 3.15. The van der Waals surface area contributed by atoms with E-state index < -0.39 is 0 Å². The van der Waals surface area contributed by atoms with Gasteiger partial charge >= 0.3 is 0 Å². The molecule has 3 rings (SSSR count). The van der Waals surface area contributed by atoms with Crippen LogP contribution in [0.4, 0.5) is 5.82 Å². The number of oxime groups is 1. The van der Waals surface area contributed by atoms with Crippen molar-refractivity contribution >= 4 is 22.8 Å². The van der Waals surface area contributed by atoms with E-state index in [4.69, 9.17) is 10.9 Å². The summed E-state index contributed by atoms with van der Waals surface area (Å²) in [5.74, 6) is 1.05. The maximum absolute atomic E-state index is 8.61. The van der Waals surface area contributed by atoms with Crippen LogP contribution in [0.25, 0.3) is 11.2 Å². The third-order valence-electron chi connectivity index (χ3n) is 3.20. The molecule has 0 unspecified atom stereocenters. The number of hydrogen-bond acceptors (Lipinski definition) is 6. The number of nitrogens with one attached hydrogen (secondary N) is 1. The van der Waals surface area contributed by atoms with Gasteiger partial charge in [-0.25, -0.2) is 15.0 Å². The van der Waals surface area contributed by atoms with Gasteiger partial charge in [-0.1, -0.05) is 5.16 Å². The van der Waals surface area contributed by atoms with E-state index in [1.165, 1.54) is 6.33 Å². The Hall–Kier alpha value is -2.38. The molecule has 100 valence electrons. The highest BCUT2D eigenvalue weighted by Gasteiger charge is 2.31. The minimum Gasteiger partial charge on any atom is -0.409 e. The minimum atomic E-state index is 0.223. The maximum atomic E-state index is 8.61. The molecule has 1 aliphatic rings. The molecule has 0 aliphatic heterocycles. The Morgan fingerprint density at radius 2 is 2.32 bits per heavy atom. The zero-order valence-electron chi connectivity index (χ0n) is 10.3. The van der Waals surface area contributed by atoms with Gasteiger partial charge in [0.2, 0.25) is 0 Å². The molecule has 0 saturated heterocycles. The molecule has 4 N–H and O–H groups in total. The van der Waals surface area contributed by atoms with Crippen LogP contribution in [0.5, 0.6) is 0 Å². The lowest BCUT2D eigenvalue weighted by molar-refractivity contribution is 0.317. The number of H-pyrrole nitrogens is 1. The minimum absolute atomic E-state index is 0.223. The second-order valence-corrected chi connectivity index (χ2v) is 4.56. The summed E-state index contributed by atoms with van der Waals surface area (Å²) < 4.78 is 0. The Morgan fingerprint density at radius 3 is 3.05 bits per heavy atom. The van der Waals surface area contributed by atoms with E-state index in [0.717, 1.165) is 24.2 Å². The van der Waals surface area contributed by atoms with Crippen molar-refractivity contribution in [3.05, 3.63) is 12.7 Å². The largest absolute Gasteiger partial charge is 0.409 e. The summed E-state index contributed by atoms with van der Waals surface area (Å²) in [6, 6.07) is 0.466. The van der Waals surface area contributed by atoms with Crippen molar-refractivity contribution in [2.45, 2.75) is 25.3 Å². The molecule has 0 radical (unpaired) electrons. The molecule has 0 atom stereocenters. The quantitative estimate of drug-likeness (QED) is 0.311. The number of aromatic nitrogens is 4. The third kappa shape index (κ3) is 2.28. The Kier molecular flexibility index (Phi) is 2.90. The summed E-state index contributed by atoms with van der Waals surface area (Å²) in [5, 5.41) is 11.6. The van der Waals surface area contributed by atoms with Gasteiger partial charge in [0, 0.05) is 19.0 Å². The molecule has 8 nitrogen and oxygen atoms in total. The number of nitrogens with two attached hydrogens (primary N) is 1. The second-order valence-electron chi connectivity index (χ2n) is 4.56. The molecule has 0 amide bonds. The van der Waals surface area contributed by atoms with Crippen LogP contribution in [0.1, 0.15) is 19.3 Å². The Balaban J connectivity index is 1.89. The van der Waals surface area contributed by atoms with Gasteiger partial charge in [0.05, 0.1) is 6.33 Å². The van der Waals surface area contributed by atoms with Crippen LogP contribution >= 0.6 is 0 Å². The van der Waals surface area contributed by atoms with E-state index in [1.54, 1.807) is 6.33 Å². The number of fused-ring (bicyclic) bond motifs is 1. The van der Waals surface area contributed by atoms with Gasteiger partial charge in [-0.05, 0) is 12.8 Å². The van der Waals surface area contributed by atoms with Crippen molar-refractivity contribution in [1.82, 2.24) is 19.9 Å². The smallest absolute Gasteiger partial charge is 0.182 e. The van der Waals surface area contributed by atoms with Crippen LogP contribution in [0.2, 0.25) is 0 Å². The Labute approximate surface area is 109 Å². The van der Waals surface area contributed by atoms with Gasteiger partial charge in [0.25, 0.3) is 0 Å². The van der Waals surface area contributed by atoms with Crippen LogP contribution < -0.4 is 10.6 Å². The molecule has 0 bridgehead atoms. The standard InChI is InChI=1S/C11H15N7O/c12-8(17-19)3-4-18(7-1-2-7)11-9-10(14-5-13-9)15-6-16-11/h5-7,19H,1-4H2,(H2,12,17)(H,13,14,15,16). The summed E-state index contributed by atoms with van der Waals surface area (Å²) in [7, 11) is 0. The second kappa shape index (κ2) is 4.71. The highest BCUT2D eigenvalue weighted by atomic mass is 16.4. The molecule has 2 aromatic rings. The van der Waals surface area contributed by atoms with E-state index in [9.17, 15) is 0 Å². The predicted octanol–water partition coefficient (Wildman–Crippen LogP) is 0.458. The molecular weight excluding hydrogens is 246 g/mol. The third-order valence-corrected chi connectivity index (χ3v) is 3.20. The molecule has 1 saturated carbocycles. The van der Waals surface area contributed by atoms with Crippen LogP contribution in [0, 0.1) is 0 Å². The van der Waals surface area contributed by atoms with Crippen molar-refractivity contribution in [2.75, 3.05) is 11.4 Å². The number of imidazole rings is 1. The number of anilines is 1. The average molecular weight is 261 g/mol. The van der Waals surface area contributed by atoms with Gasteiger partial charge in [0.15, 0.2) is 11.5 Å². The highest BCUT2D eigenvalue weighted by Crippen LogP contribution is 2.32. The Bertz CT molecular complexity index is 604. The molecular formula is C11H15N7O. The first-order chi connectivity index (χ1) is 9.29. The molecule has 1 aliphatic carbocycles. The van der Waals surface area contributed by atoms with E-state index in [1.807, 2.05) is 0 Å². The summed E-state index contributed by atoms with van der Waals surface area (Å²) in [5.41, 5.74) is 7.01. The SMILES string of the molecule is NC(CCN(c1ncnc2nc[nH]c12)C1CC1)=NO. The van der Waals surface area contributed by atoms with Gasteiger partial charge in [-0.15, -0.1) is 0 Å². The lowest BCUT2D eigenvalue weighted by Gasteiger charge is -2.23. The van der Waals surface area contributed by atoms with E-state index in [-0.39, 0.29) is 5.84 Å². The monoisotopic (exact) mass is 261 g/mol. The summed E-state index contributed by atoms with van der Waals surface area (Å²) in [6.07, 6.45) is 5.88. The first kappa shape index (κ1) is 11.7. The molecule has 2 heterocycles. The van der Waals surface area contributed by atoms with Gasteiger partial charge in [-0.3, -0.25) is 0 Å².